The van der Waals surface area contributed by atoms with E-state index >= 15 is 0 Å². The molecule has 23 heavy (non-hydrogen) atoms. The van der Waals surface area contributed by atoms with Crippen LogP contribution in [0.2, 0.25) is 0 Å². The summed E-state index contributed by atoms with van der Waals surface area (Å²) in [6.45, 7) is 0.416. The third kappa shape index (κ3) is 3.54. The lowest BCUT2D eigenvalue weighted by Gasteiger charge is -2.15. The van der Waals surface area contributed by atoms with Gasteiger partial charge in [-0.1, -0.05) is 0 Å². The molecule has 1 amide bonds. The van der Waals surface area contributed by atoms with Crippen molar-refractivity contribution in [3.8, 4) is 0 Å². The molecule has 2 aromatic heterocycles. The summed E-state index contributed by atoms with van der Waals surface area (Å²) in [4.78, 5) is 19.6. The van der Waals surface area contributed by atoms with Crippen molar-refractivity contribution in [3.05, 3.63) is 42.0 Å². The molecule has 1 aliphatic rings. The van der Waals surface area contributed by atoms with Crippen LogP contribution >= 0.6 is 0 Å². The summed E-state index contributed by atoms with van der Waals surface area (Å²) in [5.74, 6) is -1.24. The van der Waals surface area contributed by atoms with Crippen LogP contribution in [-0.4, -0.2) is 28.0 Å². The molecule has 0 aliphatic heterocycles. The Hall–Kier alpha value is -2.74. The zero-order valence-electron chi connectivity index (χ0n) is 12.3. The molecule has 0 unspecified atom stereocenters. The molecule has 1 saturated carbocycles. The van der Waals surface area contributed by atoms with Crippen LogP contribution in [0.3, 0.4) is 0 Å². The van der Waals surface area contributed by atoms with E-state index in [0.29, 0.717) is 12.2 Å². The Labute approximate surface area is 132 Å². The summed E-state index contributed by atoms with van der Waals surface area (Å²) >= 11 is 0. The maximum Gasteiger partial charge on any atom is 0.252 e. The number of carbonyl (C=O) groups is 1. The Kier molecular flexibility index (Phi) is 3.83. The van der Waals surface area contributed by atoms with Gasteiger partial charge in [0.1, 0.15) is 5.82 Å². The predicted molar refractivity (Wildman–Crippen MR) is 84.9 cm³/mol. The number of rotatable bonds is 6. The second-order valence-electron chi connectivity index (χ2n) is 5.66. The minimum Gasteiger partial charge on any atom is -0.366 e. The van der Waals surface area contributed by atoms with E-state index < -0.39 is 11.7 Å². The number of primary amides is 1. The van der Waals surface area contributed by atoms with Crippen molar-refractivity contribution in [2.24, 2.45) is 11.5 Å². The van der Waals surface area contributed by atoms with Crippen LogP contribution in [0.15, 0.2) is 30.6 Å². The molecule has 8 heteroatoms. The quantitative estimate of drug-likeness (QED) is 0.639. The Balaban J connectivity index is 1.89. The fourth-order valence-electron chi connectivity index (χ4n) is 2.07. The van der Waals surface area contributed by atoms with Gasteiger partial charge in [0.05, 0.1) is 17.4 Å². The molecule has 3 rings (SSSR count). The summed E-state index contributed by atoms with van der Waals surface area (Å²) in [6.07, 6.45) is 4.95. The summed E-state index contributed by atoms with van der Waals surface area (Å²) in [5, 5.41) is 5.81. The number of halogens is 1. The third-order valence-electron chi connectivity index (χ3n) is 3.67. The highest BCUT2D eigenvalue weighted by Gasteiger charge is 2.38. The maximum absolute atomic E-state index is 14.1. The van der Waals surface area contributed by atoms with Crippen LogP contribution in [0.1, 0.15) is 23.2 Å². The standard InChI is InChI=1S/C15H17FN6O/c16-11-6-10(12(17)23)13(21-9-2-1-5-19-7-9)22-14(11)20-8-15(18)3-4-15/h1-2,5-7H,3-4,8,18H2,(H2,17,23)(H2,20,21,22). The highest BCUT2D eigenvalue weighted by molar-refractivity contribution is 5.98. The lowest BCUT2D eigenvalue weighted by molar-refractivity contribution is 0.100. The van der Waals surface area contributed by atoms with E-state index in [1.807, 2.05) is 0 Å². The molecule has 0 atom stereocenters. The molecule has 1 fully saturated rings. The SMILES string of the molecule is NC(=O)c1cc(F)c(NCC2(N)CC2)nc1Nc1cccnc1. The molecule has 120 valence electrons. The zero-order valence-corrected chi connectivity index (χ0v) is 12.3. The second kappa shape index (κ2) is 5.81. The number of nitrogens with two attached hydrogens (primary N) is 2. The van der Waals surface area contributed by atoms with Gasteiger partial charge in [-0.2, -0.15) is 0 Å². The number of hydrogen-bond acceptors (Lipinski definition) is 6. The minimum absolute atomic E-state index is 0.0260. The first-order valence-corrected chi connectivity index (χ1v) is 7.17. The van der Waals surface area contributed by atoms with Crippen LogP contribution in [0, 0.1) is 5.82 Å². The van der Waals surface area contributed by atoms with Gasteiger partial charge in [0.25, 0.3) is 5.91 Å². The lowest BCUT2D eigenvalue weighted by Crippen LogP contribution is -2.31. The molecular weight excluding hydrogens is 299 g/mol. The van der Waals surface area contributed by atoms with Gasteiger partial charge in [0.2, 0.25) is 0 Å². The van der Waals surface area contributed by atoms with E-state index in [-0.39, 0.29) is 22.7 Å². The summed E-state index contributed by atoms with van der Waals surface area (Å²) < 4.78 is 14.1. The van der Waals surface area contributed by atoms with Crippen LogP contribution in [0.25, 0.3) is 0 Å². The first-order valence-electron chi connectivity index (χ1n) is 7.17. The number of pyridine rings is 2. The molecule has 7 nitrogen and oxygen atoms in total. The zero-order chi connectivity index (χ0) is 16.4. The molecular formula is C15H17FN6O. The lowest BCUT2D eigenvalue weighted by atomic mass is 10.2. The minimum atomic E-state index is -0.771. The van der Waals surface area contributed by atoms with Crippen molar-refractivity contribution in [3.63, 3.8) is 0 Å². The molecule has 6 N–H and O–H groups in total. The fourth-order valence-corrected chi connectivity index (χ4v) is 2.07. The molecule has 0 aromatic carbocycles. The molecule has 0 spiro atoms. The number of hydrogen-bond donors (Lipinski definition) is 4. The smallest absolute Gasteiger partial charge is 0.252 e. The molecule has 2 aromatic rings. The summed E-state index contributed by atoms with van der Waals surface area (Å²) in [5.41, 5.74) is 11.5. The average Bonchev–Trinajstić information content (AvgIpc) is 3.26. The largest absolute Gasteiger partial charge is 0.366 e. The van der Waals surface area contributed by atoms with Gasteiger partial charge >= 0.3 is 0 Å². The number of nitrogens with one attached hydrogen (secondary N) is 2. The maximum atomic E-state index is 14.1. The van der Waals surface area contributed by atoms with Crippen LogP contribution in [0.4, 0.5) is 21.7 Å². The van der Waals surface area contributed by atoms with Gasteiger partial charge in [0.15, 0.2) is 11.6 Å². The van der Waals surface area contributed by atoms with Gasteiger partial charge < -0.3 is 22.1 Å². The normalized spacial score (nSPS) is 15.0. The van der Waals surface area contributed by atoms with Crippen molar-refractivity contribution in [1.29, 1.82) is 0 Å². The number of anilines is 3. The summed E-state index contributed by atoms with van der Waals surface area (Å²) in [7, 11) is 0. The highest BCUT2D eigenvalue weighted by atomic mass is 19.1. The van der Waals surface area contributed by atoms with Crippen molar-refractivity contribution in [2.75, 3.05) is 17.2 Å². The van der Waals surface area contributed by atoms with Gasteiger partial charge in [-0.05, 0) is 31.0 Å². The number of amides is 1. The van der Waals surface area contributed by atoms with Crippen LogP contribution in [-0.2, 0) is 0 Å². The fraction of sp³-hybridized carbons (Fsp3) is 0.267. The Morgan fingerprint density at radius 2 is 2.17 bits per heavy atom. The van der Waals surface area contributed by atoms with E-state index in [1.54, 1.807) is 24.5 Å². The number of nitrogens with zero attached hydrogens (tertiary/aromatic N) is 2. The molecule has 0 saturated heterocycles. The van der Waals surface area contributed by atoms with Crippen LogP contribution in [0.5, 0.6) is 0 Å². The first-order chi connectivity index (χ1) is 11.0. The van der Waals surface area contributed by atoms with Gasteiger partial charge in [0, 0.05) is 18.3 Å². The monoisotopic (exact) mass is 316 g/mol. The van der Waals surface area contributed by atoms with E-state index in [0.717, 1.165) is 18.9 Å². The molecule has 0 bridgehead atoms. The Morgan fingerprint density at radius 1 is 1.39 bits per heavy atom. The average molecular weight is 316 g/mol. The Morgan fingerprint density at radius 3 is 2.78 bits per heavy atom. The highest BCUT2D eigenvalue weighted by Crippen LogP contribution is 2.32. The van der Waals surface area contributed by atoms with Gasteiger partial charge in [-0.15, -0.1) is 0 Å². The molecule has 0 radical (unpaired) electrons. The summed E-state index contributed by atoms with van der Waals surface area (Å²) in [6, 6.07) is 4.53. The molecule has 1 aliphatic carbocycles. The number of aromatic nitrogens is 2. The van der Waals surface area contributed by atoms with Crippen molar-refractivity contribution < 1.29 is 9.18 Å². The second-order valence-corrected chi connectivity index (χ2v) is 5.66. The third-order valence-corrected chi connectivity index (χ3v) is 3.67. The van der Waals surface area contributed by atoms with E-state index in [2.05, 4.69) is 20.6 Å². The van der Waals surface area contributed by atoms with Crippen molar-refractivity contribution in [1.82, 2.24) is 9.97 Å². The first kappa shape index (κ1) is 15.2. The van der Waals surface area contributed by atoms with E-state index in [9.17, 15) is 9.18 Å². The van der Waals surface area contributed by atoms with Crippen molar-refractivity contribution >= 4 is 23.2 Å². The number of carbonyl (C=O) groups excluding carboxylic acids is 1. The van der Waals surface area contributed by atoms with E-state index in [1.165, 1.54) is 0 Å². The van der Waals surface area contributed by atoms with Crippen molar-refractivity contribution in [2.45, 2.75) is 18.4 Å². The van der Waals surface area contributed by atoms with Crippen LogP contribution < -0.4 is 22.1 Å². The molecule has 2 heterocycles. The Bertz CT molecular complexity index is 732. The predicted octanol–water partition coefficient (Wildman–Crippen LogP) is 1.36. The topological polar surface area (TPSA) is 119 Å². The van der Waals surface area contributed by atoms with Gasteiger partial charge in [-0.25, -0.2) is 9.37 Å². The van der Waals surface area contributed by atoms with Gasteiger partial charge in [-0.3, -0.25) is 9.78 Å². The van der Waals surface area contributed by atoms with E-state index in [4.69, 9.17) is 11.5 Å².